The highest BCUT2D eigenvalue weighted by Gasteiger charge is 2.34. The maximum absolute atomic E-state index is 13.0. The first-order valence-corrected chi connectivity index (χ1v) is 14.8. The minimum Gasteiger partial charge on any atom is -0.371 e. The van der Waals surface area contributed by atoms with E-state index in [0.29, 0.717) is 30.3 Å². The third-order valence-corrected chi connectivity index (χ3v) is 8.40. The molecule has 3 aliphatic heterocycles. The number of nitrogens with zero attached hydrogens (tertiary/aromatic N) is 5. The van der Waals surface area contributed by atoms with Crippen LogP contribution in [-0.4, -0.2) is 86.3 Å². The molecule has 1 unspecified atom stereocenters. The van der Waals surface area contributed by atoms with Crippen LogP contribution < -0.4 is 15.1 Å². The molecule has 0 radical (unpaired) electrons. The number of anilines is 2. The smallest absolute Gasteiger partial charge is 0.255 e. The molecule has 2 amide bonds. The van der Waals surface area contributed by atoms with E-state index in [1.165, 1.54) is 0 Å². The normalized spacial score (nSPS) is 18.3. The Bertz CT molecular complexity index is 1200. The number of rotatable bonds is 9. The molecule has 1 N–H and O–H groups in total. The molecule has 220 valence electrons. The summed E-state index contributed by atoms with van der Waals surface area (Å²) in [5.74, 6) is -0.279. The van der Waals surface area contributed by atoms with E-state index >= 15 is 0 Å². The molecular weight excluding hydrogens is 520 g/mol. The summed E-state index contributed by atoms with van der Waals surface area (Å²) in [6.45, 7) is 10.3. The van der Waals surface area contributed by atoms with Gasteiger partial charge in [-0.25, -0.2) is 0 Å². The zero-order valence-corrected chi connectivity index (χ0v) is 24.4. The van der Waals surface area contributed by atoms with E-state index in [2.05, 4.69) is 31.3 Å². The number of piperazine rings is 1. The molecule has 41 heavy (non-hydrogen) atoms. The van der Waals surface area contributed by atoms with Crippen LogP contribution in [-0.2, 0) is 16.1 Å². The van der Waals surface area contributed by atoms with Gasteiger partial charge in [0.25, 0.3) is 5.91 Å². The lowest BCUT2D eigenvalue weighted by Crippen LogP contribution is -2.53. The quantitative estimate of drug-likeness (QED) is 0.364. The number of carbonyl (C=O) groups excluding carboxylic acids is 3. The van der Waals surface area contributed by atoms with E-state index in [1.54, 1.807) is 24.1 Å². The highest BCUT2D eigenvalue weighted by atomic mass is 16.3. The average molecular weight is 563 g/mol. The van der Waals surface area contributed by atoms with Crippen LogP contribution in [0.3, 0.4) is 0 Å². The lowest BCUT2D eigenvalue weighted by Gasteiger charge is -2.44. The molecule has 0 aliphatic carbocycles. The van der Waals surface area contributed by atoms with Crippen LogP contribution in [0.25, 0.3) is 0 Å². The third kappa shape index (κ3) is 6.93. The summed E-state index contributed by atoms with van der Waals surface area (Å²) in [7, 11) is 1.57. The van der Waals surface area contributed by atoms with Gasteiger partial charge in [-0.1, -0.05) is 13.8 Å². The van der Waals surface area contributed by atoms with Gasteiger partial charge >= 0.3 is 0 Å². The molecule has 10 heteroatoms. The minimum atomic E-state index is -0.603. The Morgan fingerprint density at radius 2 is 1.61 bits per heavy atom. The highest BCUT2D eigenvalue weighted by Crippen LogP contribution is 2.31. The van der Waals surface area contributed by atoms with Gasteiger partial charge in [-0.2, -0.15) is 0 Å². The fourth-order valence-corrected chi connectivity index (χ4v) is 6.05. The van der Waals surface area contributed by atoms with Crippen LogP contribution in [0.15, 0.2) is 47.6 Å². The molecule has 3 heterocycles. The lowest BCUT2D eigenvalue weighted by atomic mass is 10.0. The summed E-state index contributed by atoms with van der Waals surface area (Å²) in [5.41, 5.74) is 4.30. The van der Waals surface area contributed by atoms with E-state index < -0.39 is 6.04 Å². The van der Waals surface area contributed by atoms with Crippen molar-refractivity contribution in [3.05, 3.63) is 58.5 Å². The monoisotopic (exact) mass is 562 g/mol. The molecule has 0 aromatic heterocycles. The lowest BCUT2D eigenvalue weighted by molar-refractivity contribution is -0.121. The highest BCUT2D eigenvalue weighted by molar-refractivity contribution is 6.00. The molecule has 0 saturated carbocycles. The summed E-state index contributed by atoms with van der Waals surface area (Å²) in [4.78, 5) is 56.0. The number of carbonyl (C=O) groups is 3. The van der Waals surface area contributed by atoms with Crippen molar-refractivity contribution in [3.8, 4) is 0 Å². The summed E-state index contributed by atoms with van der Waals surface area (Å²) in [6, 6.07) is 13.4. The summed E-state index contributed by atoms with van der Waals surface area (Å²) in [6.07, 6.45) is 3.53. The Hall–Kier alpha value is -3.79. The summed E-state index contributed by atoms with van der Waals surface area (Å²) in [5, 5.41) is 5.55. The molecule has 2 fully saturated rings. The molecule has 5 rings (SSSR count). The van der Waals surface area contributed by atoms with Gasteiger partial charge in [0.05, 0.1) is 6.04 Å². The average Bonchev–Trinajstić information content (AvgIpc) is 3.37. The van der Waals surface area contributed by atoms with Gasteiger partial charge < -0.3 is 24.8 Å². The largest absolute Gasteiger partial charge is 0.371 e. The first kappa shape index (κ1) is 30.2. The molecular formula is C31H42N6O4. The number of fused-ring (bicyclic) bond motifs is 1. The Morgan fingerprint density at radius 1 is 0.976 bits per heavy atom. The molecule has 2 aromatic carbocycles. The Kier molecular flexibility index (Phi) is 10.5. The van der Waals surface area contributed by atoms with Crippen LogP contribution >= 0.6 is 0 Å². The number of aldehydes is 1. The molecule has 3 aliphatic rings. The Balaban J connectivity index is 0.00000189. The van der Waals surface area contributed by atoms with E-state index in [-0.39, 0.29) is 18.2 Å². The first-order valence-electron chi connectivity index (χ1n) is 14.8. The van der Waals surface area contributed by atoms with Crippen LogP contribution in [0, 0.1) is 4.91 Å². The molecule has 2 saturated heterocycles. The topological polar surface area (TPSA) is 106 Å². The number of benzene rings is 2. The van der Waals surface area contributed by atoms with Gasteiger partial charge in [-0.3, -0.25) is 14.5 Å². The van der Waals surface area contributed by atoms with Crippen molar-refractivity contribution >= 4 is 35.2 Å². The van der Waals surface area contributed by atoms with Gasteiger partial charge in [0.15, 0.2) is 0 Å². The van der Waals surface area contributed by atoms with Crippen LogP contribution in [0.5, 0.6) is 0 Å². The summed E-state index contributed by atoms with van der Waals surface area (Å²) < 4.78 is 0. The predicted octanol–water partition coefficient (Wildman–Crippen LogP) is 3.95. The van der Waals surface area contributed by atoms with Crippen molar-refractivity contribution in [1.29, 1.82) is 0 Å². The maximum Gasteiger partial charge on any atom is 0.255 e. The van der Waals surface area contributed by atoms with Crippen LogP contribution in [0.4, 0.5) is 17.1 Å². The van der Waals surface area contributed by atoms with Gasteiger partial charge in [0.2, 0.25) is 5.91 Å². The molecule has 10 nitrogen and oxygen atoms in total. The van der Waals surface area contributed by atoms with E-state index in [9.17, 15) is 19.3 Å². The van der Waals surface area contributed by atoms with Crippen LogP contribution in [0.2, 0.25) is 0 Å². The fraction of sp³-hybridized carbons (Fsp3) is 0.516. The van der Waals surface area contributed by atoms with Crippen molar-refractivity contribution in [2.45, 2.75) is 58.2 Å². The van der Waals surface area contributed by atoms with E-state index in [0.717, 1.165) is 75.3 Å². The zero-order chi connectivity index (χ0) is 29.4. The number of hydrogen-bond donors (Lipinski definition) is 1. The molecule has 0 bridgehead atoms. The summed E-state index contributed by atoms with van der Waals surface area (Å²) >= 11 is 0. The number of nitrogens with one attached hydrogen (secondary N) is 1. The van der Waals surface area contributed by atoms with Crippen molar-refractivity contribution < 1.29 is 14.4 Å². The second-order valence-corrected chi connectivity index (χ2v) is 10.5. The first-order chi connectivity index (χ1) is 20.0. The maximum atomic E-state index is 13.0. The van der Waals surface area contributed by atoms with Crippen molar-refractivity contribution in [2.24, 2.45) is 5.18 Å². The van der Waals surface area contributed by atoms with Gasteiger partial charge in [-0.15, -0.1) is 4.91 Å². The minimum absolute atomic E-state index is 0.138. The second kappa shape index (κ2) is 14.2. The molecule has 1 atom stereocenters. The number of amides is 2. The standard InChI is InChI=1S/C29H36N6O4.C2H6/c1-30-28(37)9-7-26(20-36)35-19-21-18-25(6-8-27(21)29(35)38)34-16-14-33(15-17-34)24-10-12-32(13-11-24)23-4-2-22(31-39)3-5-23;1-2/h2-6,8,18,20,24,26H,7,9-17,19H2,1H3,(H,30,37);1-2H3. The Morgan fingerprint density at radius 3 is 2.22 bits per heavy atom. The molecule has 2 aromatic rings. The van der Waals surface area contributed by atoms with Gasteiger partial charge in [0.1, 0.15) is 12.0 Å². The van der Waals surface area contributed by atoms with Crippen molar-refractivity contribution in [2.75, 3.05) is 56.1 Å². The predicted molar refractivity (Wildman–Crippen MR) is 162 cm³/mol. The number of nitroso groups, excluding NO2 is 1. The van der Waals surface area contributed by atoms with E-state index in [4.69, 9.17) is 0 Å². The number of piperidine rings is 1. The molecule has 0 spiro atoms. The van der Waals surface area contributed by atoms with Crippen molar-refractivity contribution in [3.63, 3.8) is 0 Å². The van der Waals surface area contributed by atoms with Crippen molar-refractivity contribution in [1.82, 2.24) is 15.1 Å². The van der Waals surface area contributed by atoms with Gasteiger partial charge in [-0.05, 0) is 72.5 Å². The van der Waals surface area contributed by atoms with Gasteiger partial charge in [0, 0.05) is 82.3 Å². The third-order valence-electron chi connectivity index (χ3n) is 8.40. The van der Waals surface area contributed by atoms with Crippen LogP contribution in [0.1, 0.15) is 55.5 Å². The SMILES string of the molecule is CC.CNC(=O)CCC(C=O)N1Cc2cc(N3CCN(C4CCN(c5ccc(N=O)cc5)CC4)CC3)ccc2C1=O. The second-order valence-electron chi connectivity index (χ2n) is 10.5. The van der Waals surface area contributed by atoms with E-state index in [1.807, 2.05) is 38.1 Å². The number of hydrogen-bond acceptors (Lipinski definition) is 8. The fourth-order valence-electron chi connectivity index (χ4n) is 6.05. The zero-order valence-electron chi connectivity index (χ0n) is 24.4. The Labute approximate surface area is 242 Å².